The van der Waals surface area contributed by atoms with Crippen molar-refractivity contribution in [2.75, 3.05) is 0 Å². The molecule has 5 heteroatoms. The van der Waals surface area contributed by atoms with Crippen molar-refractivity contribution in [1.82, 2.24) is 9.97 Å². The van der Waals surface area contributed by atoms with Crippen LogP contribution in [-0.2, 0) is 0 Å². The number of fused-ring (bicyclic) bond motifs is 1. The summed E-state index contributed by atoms with van der Waals surface area (Å²) in [7, 11) is 0. The molecular formula is C27H21ClN2OS. The fourth-order valence-corrected chi connectivity index (χ4v) is 5.39. The van der Waals surface area contributed by atoms with Crippen molar-refractivity contribution in [1.29, 1.82) is 0 Å². The lowest BCUT2D eigenvalue weighted by Crippen LogP contribution is -2.16. The van der Waals surface area contributed by atoms with E-state index in [1.54, 1.807) is 11.3 Å². The normalized spacial score (nSPS) is 11.4. The molecule has 5 rings (SSSR count). The number of nitrogens with zero attached hydrogens (tertiary/aromatic N) is 1. The lowest BCUT2D eigenvalue weighted by Gasteiger charge is -2.17. The summed E-state index contributed by atoms with van der Waals surface area (Å²) in [5, 5.41) is 1.35. The van der Waals surface area contributed by atoms with Crippen LogP contribution >= 0.6 is 22.9 Å². The molecule has 0 atom stereocenters. The van der Waals surface area contributed by atoms with E-state index < -0.39 is 0 Å². The van der Waals surface area contributed by atoms with E-state index in [4.69, 9.17) is 16.6 Å². The van der Waals surface area contributed by atoms with Gasteiger partial charge in [0.2, 0.25) is 0 Å². The van der Waals surface area contributed by atoms with Gasteiger partial charge in [-0.2, -0.15) is 0 Å². The summed E-state index contributed by atoms with van der Waals surface area (Å²) in [4.78, 5) is 23.3. The highest BCUT2D eigenvalue weighted by Crippen LogP contribution is 2.38. The highest BCUT2D eigenvalue weighted by molar-refractivity contribution is 7.19. The van der Waals surface area contributed by atoms with Crippen LogP contribution in [0.2, 0.25) is 5.02 Å². The Balaban J connectivity index is 1.72. The minimum atomic E-state index is -0.155. The second-order valence-electron chi connectivity index (χ2n) is 7.88. The molecule has 0 saturated heterocycles. The molecule has 2 heterocycles. The zero-order valence-corrected chi connectivity index (χ0v) is 19.3. The lowest BCUT2D eigenvalue weighted by atomic mass is 9.90. The van der Waals surface area contributed by atoms with Gasteiger partial charge >= 0.3 is 0 Å². The summed E-state index contributed by atoms with van der Waals surface area (Å²) in [6.07, 6.45) is 0. The van der Waals surface area contributed by atoms with Gasteiger partial charge in [-0.05, 0) is 48.2 Å². The van der Waals surface area contributed by atoms with Crippen LogP contribution in [0.4, 0.5) is 0 Å². The molecule has 0 amide bonds. The summed E-state index contributed by atoms with van der Waals surface area (Å²) in [5.74, 6) is 0.498. The first-order chi connectivity index (χ1) is 15.5. The van der Waals surface area contributed by atoms with Gasteiger partial charge in [-0.1, -0.05) is 78.3 Å². The summed E-state index contributed by atoms with van der Waals surface area (Å²) < 4.78 is 0. The maximum atomic E-state index is 13.4. The van der Waals surface area contributed by atoms with Crippen molar-refractivity contribution >= 4 is 33.2 Å². The average molecular weight is 457 g/mol. The van der Waals surface area contributed by atoms with Crippen LogP contribution in [-0.4, -0.2) is 9.97 Å². The zero-order chi connectivity index (χ0) is 22.2. The van der Waals surface area contributed by atoms with Crippen LogP contribution in [0.15, 0.2) is 83.7 Å². The molecule has 0 aliphatic carbocycles. The van der Waals surface area contributed by atoms with Gasteiger partial charge in [-0.25, -0.2) is 4.98 Å². The first-order valence-electron chi connectivity index (χ1n) is 10.4. The average Bonchev–Trinajstić information content (AvgIpc) is 3.14. The second-order valence-corrected chi connectivity index (χ2v) is 9.49. The van der Waals surface area contributed by atoms with Crippen LogP contribution < -0.4 is 5.56 Å². The van der Waals surface area contributed by atoms with E-state index in [2.05, 4.69) is 29.2 Å². The number of hydrogen-bond acceptors (Lipinski definition) is 3. The van der Waals surface area contributed by atoms with E-state index in [9.17, 15) is 4.79 Å². The highest BCUT2D eigenvalue weighted by atomic mass is 35.5. The molecule has 0 unspecified atom stereocenters. The molecule has 3 aromatic carbocycles. The molecule has 0 saturated carbocycles. The molecule has 0 bridgehead atoms. The molecule has 0 aliphatic heterocycles. The molecule has 2 aromatic heterocycles. The van der Waals surface area contributed by atoms with Gasteiger partial charge in [0.1, 0.15) is 10.7 Å². The fourth-order valence-electron chi connectivity index (χ4n) is 4.22. The lowest BCUT2D eigenvalue weighted by molar-refractivity contribution is 0.860. The van der Waals surface area contributed by atoms with Crippen LogP contribution in [0.1, 0.15) is 33.3 Å². The Morgan fingerprint density at radius 3 is 2.12 bits per heavy atom. The van der Waals surface area contributed by atoms with E-state index in [1.165, 1.54) is 0 Å². The molecule has 0 fully saturated rings. The third kappa shape index (κ3) is 3.66. The van der Waals surface area contributed by atoms with Gasteiger partial charge in [-0.15, -0.1) is 11.3 Å². The number of H-pyrrole nitrogens is 1. The molecule has 0 radical (unpaired) electrons. The molecule has 0 aliphatic rings. The number of halogens is 1. The van der Waals surface area contributed by atoms with E-state index >= 15 is 0 Å². The number of nitrogens with one attached hydrogen (secondary N) is 1. The predicted octanol–water partition coefficient (Wildman–Crippen LogP) is 7.10. The number of thiophene rings is 1. The summed E-state index contributed by atoms with van der Waals surface area (Å²) in [6, 6.07) is 26.2. The van der Waals surface area contributed by atoms with Crippen molar-refractivity contribution in [2.24, 2.45) is 0 Å². The minimum absolute atomic E-state index is 0.117. The zero-order valence-electron chi connectivity index (χ0n) is 17.7. The number of aromatic amines is 1. The van der Waals surface area contributed by atoms with E-state index in [1.807, 2.05) is 68.4 Å². The van der Waals surface area contributed by atoms with Crippen molar-refractivity contribution in [2.45, 2.75) is 19.8 Å². The maximum absolute atomic E-state index is 13.4. The second kappa shape index (κ2) is 8.38. The Morgan fingerprint density at radius 2 is 1.53 bits per heavy atom. The van der Waals surface area contributed by atoms with E-state index in [0.29, 0.717) is 16.2 Å². The van der Waals surface area contributed by atoms with Crippen LogP contribution in [0.25, 0.3) is 21.3 Å². The third-order valence-electron chi connectivity index (χ3n) is 5.74. The van der Waals surface area contributed by atoms with Gasteiger partial charge in [0, 0.05) is 15.5 Å². The summed E-state index contributed by atoms with van der Waals surface area (Å²) >= 11 is 7.78. The Bertz CT molecular complexity index is 1430. The van der Waals surface area contributed by atoms with Crippen LogP contribution in [0.5, 0.6) is 0 Å². The van der Waals surface area contributed by atoms with Crippen LogP contribution in [0, 0.1) is 13.8 Å². The van der Waals surface area contributed by atoms with Gasteiger partial charge in [0.05, 0.1) is 11.3 Å². The molecule has 3 nitrogen and oxygen atoms in total. The predicted molar refractivity (Wildman–Crippen MR) is 134 cm³/mol. The quantitative estimate of drug-likeness (QED) is 0.313. The van der Waals surface area contributed by atoms with E-state index in [-0.39, 0.29) is 11.5 Å². The minimum Gasteiger partial charge on any atom is -0.309 e. The molecule has 0 spiro atoms. The Labute approximate surface area is 195 Å². The maximum Gasteiger partial charge on any atom is 0.260 e. The molecule has 1 N–H and O–H groups in total. The SMILES string of the molecule is Cc1cc(-c2c(C)sc3nc(C(c4ccccc4)c4ccccc4)[nH]c(=O)c23)ccc1Cl. The van der Waals surface area contributed by atoms with Crippen molar-refractivity contribution in [3.63, 3.8) is 0 Å². The fraction of sp³-hybridized carbons (Fsp3) is 0.111. The van der Waals surface area contributed by atoms with Crippen LogP contribution in [0.3, 0.4) is 0 Å². The van der Waals surface area contributed by atoms with Gasteiger partial charge < -0.3 is 4.98 Å². The summed E-state index contributed by atoms with van der Waals surface area (Å²) in [5.41, 5.74) is 4.96. The number of aromatic nitrogens is 2. The smallest absolute Gasteiger partial charge is 0.260 e. The molecular weight excluding hydrogens is 436 g/mol. The topological polar surface area (TPSA) is 45.8 Å². The largest absolute Gasteiger partial charge is 0.309 e. The number of aryl methyl sites for hydroxylation is 2. The Kier molecular flexibility index (Phi) is 5.41. The van der Waals surface area contributed by atoms with E-state index in [0.717, 1.165) is 37.5 Å². The Morgan fingerprint density at radius 1 is 0.906 bits per heavy atom. The first-order valence-corrected chi connectivity index (χ1v) is 11.6. The van der Waals surface area contributed by atoms with Gasteiger partial charge in [-0.3, -0.25) is 4.79 Å². The third-order valence-corrected chi connectivity index (χ3v) is 7.17. The highest BCUT2D eigenvalue weighted by Gasteiger charge is 2.23. The number of benzene rings is 3. The standard InChI is InChI=1S/C27H21ClN2OS/c1-16-15-20(13-14-21(16)28)22-17(2)32-27-24(22)26(31)29-25(30-27)23(18-9-5-3-6-10-18)19-11-7-4-8-12-19/h3-15,23H,1-2H3,(H,29,30,31). The number of hydrogen-bond donors (Lipinski definition) is 1. The summed E-state index contributed by atoms with van der Waals surface area (Å²) in [6.45, 7) is 4.01. The number of rotatable bonds is 4. The van der Waals surface area contributed by atoms with Gasteiger partial charge in [0.15, 0.2) is 0 Å². The first kappa shape index (κ1) is 20.7. The molecule has 5 aromatic rings. The Hall–Kier alpha value is -3.21. The molecule has 158 valence electrons. The van der Waals surface area contributed by atoms with Gasteiger partial charge in [0.25, 0.3) is 5.56 Å². The monoisotopic (exact) mass is 456 g/mol. The van der Waals surface area contributed by atoms with Crippen molar-refractivity contribution in [3.05, 3.63) is 122 Å². The molecule has 32 heavy (non-hydrogen) atoms. The van der Waals surface area contributed by atoms with Crippen molar-refractivity contribution < 1.29 is 0 Å². The van der Waals surface area contributed by atoms with Crippen molar-refractivity contribution in [3.8, 4) is 11.1 Å².